The lowest BCUT2D eigenvalue weighted by Crippen LogP contribution is -2.20. The molecular weight excluding hydrogens is 1020 g/mol. The molecule has 0 aliphatic rings. The highest BCUT2D eigenvalue weighted by Crippen LogP contribution is 2.41. The topological polar surface area (TPSA) is 28.5 Å². The number of anilines is 6. The summed E-state index contributed by atoms with van der Waals surface area (Å²) in [6.45, 7) is 2.11. The zero-order chi connectivity index (χ0) is 56.3. The van der Waals surface area contributed by atoms with Crippen molar-refractivity contribution in [2.75, 3.05) is 9.80 Å². The summed E-state index contributed by atoms with van der Waals surface area (Å²) in [5, 5.41) is 2.62. The Kier molecular flexibility index (Phi) is 13.7. The second-order valence-corrected chi connectivity index (χ2v) is 21.3. The second kappa shape index (κ2) is 22.5. The van der Waals surface area contributed by atoms with E-state index < -0.39 is 0 Å². The number of nitrogens with zero attached hydrogens (tertiary/aromatic N) is 3. The molecule has 13 aromatic carbocycles. The van der Waals surface area contributed by atoms with Crippen LogP contribution in [0.4, 0.5) is 34.1 Å². The summed E-state index contributed by atoms with van der Waals surface area (Å²) < 4.78 is 1.90. The molecule has 0 atom stereocenters. The number of pyridine rings is 1. The van der Waals surface area contributed by atoms with Crippen molar-refractivity contribution in [3.05, 3.63) is 344 Å². The molecular formula is C80H57N3O. The van der Waals surface area contributed by atoms with Crippen LogP contribution < -0.4 is 15.4 Å². The smallest absolute Gasteiger partial charge is 0.263 e. The summed E-state index contributed by atoms with van der Waals surface area (Å²) in [6, 6.07) is 116. The summed E-state index contributed by atoms with van der Waals surface area (Å²) in [5.74, 6) is 0. The molecule has 0 bridgehead atoms. The van der Waals surface area contributed by atoms with Gasteiger partial charge in [0.2, 0.25) is 0 Å². The standard InChI is InChI=1S/C80H57N3O/c1-56-54-67(65-34-48-73(49-35-65)81(69-40-26-61(27-41-69)57-16-6-2-7-17-57)70-42-28-62(29-43-70)58-18-8-3-9-19-58)38-52-78(56)83-79-53-39-68(55-77(79)75-24-14-15-25-76(75)80(83)84)66-36-50-74(51-37-66)82(71-44-30-63(31-45-71)59-20-10-4-11-21-59)72-46-32-64(33-47-72)60-22-12-5-13-23-60/h2-55H,1H3. The van der Waals surface area contributed by atoms with Crippen LogP contribution in [0.1, 0.15) is 5.56 Å². The van der Waals surface area contributed by atoms with E-state index in [1.807, 2.05) is 22.8 Å². The van der Waals surface area contributed by atoms with Crippen LogP contribution in [0.15, 0.2) is 332 Å². The molecule has 1 heterocycles. The van der Waals surface area contributed by atoms with Gasteiger partial charge in [-0.2, -0.15) is 0 Å². The Morgan fingerprint density at radius 1 is 0.238 bits per heavy atom. The first-order valence-corrected chi connectivity index (χ1v) is 28.6. The first-order valence-electron chi connectivity index (χ1n) is 28.6. The second-order valence-electron chi connectivity index (χ2n) is 21.3. The fourth-order valence-corrected chi connectivity index (χ4v) is 11.8. The van der Waals surface area contributed by atoms with Crippen molar-refractivity contribution in [3.63, 3.8) is 0 Å². The van der Waals surface area contributed by atoms with E-state index in [0.717, 1.165) is 83.9 Å². The summed E-state index contributed by atoms with van der Waals surface area (Å²) in [7, 11) is 0. The Hall–Kier alpha value is -11.1. The molecule has 14 rings (SSSR count). The van der Waals surface area contributed by atoms with Gasteiger partial charge in [0.15, 0.2) is 0 Å². The molecule has 84 heavy (non-hydrogen) atoms. The quantitative estimate of drug-likeness (QED) is 0.108. The highest BCUT2D eigenvalue weighted by molar-refractivity contribution is 6.07. The summed E-state index contributed by atoms with van der Waals surface area (Å²) in [5.41, 5.74) is 22.8. The Balaban J connectivity index is 0.778. The van der Waals surface area contributed by atoms with Crippen LogP contribution in [-0.4, -0.2) is 4.57 Å². The van der Waals surface area contributed by atoms with E-state index in [9.17, 15) is 4.79 Å². The van der Waals surface area contributed by atoms with E-state index in [4.69, 9.17) is 0 Å². The van der Waals surface area contributed by atoms with Crippen LogP contribution in [0.5, 0.6) is 0 Å². The van der Waals surface area contributed by atoms with Crippen LogP contribution in [0.2, 0.25) is 0 Å². The van der Waals surface area contributed by atoms with Gasteiger partial charge in [0, 0.05) is 44.9 Å². The molecule has 0 saturated carbocycles. The SMILES string of the molecule is Cc1cc(-c2ccc(N(c3ccc(-c4ccccc4)cc3)c3ccc(-c4ccccc4)cc3)cc2)ccc1-n1c(=O)c2ccccc2c2cc(-c3ccc(N(c4ccc(-c5ccccc5)cc4)c4ccc(-c5ccccc5)cc4)cc3)ccc21. The average molecular weight is 1080 g/mol. The summed E-state index contributed by atoms with van der Waals surface area (Å²) >= 11 is 0. The molecule has 0 aliphatic carbocycles. The fourth-order valence-electron chi connectivity index (χ4n) is 11.8. The molecule has 1 aromatic heterocycles. The van der Waals surface area contributed by atoms with E-state index >= 15 is 0 Å². The Morgan fingerprint density at radius 2 is 0.500 bits per heavy atom. The lowest BCUT2D eigenvalue weighted by atomic mass is 9.98. The third-order valence-electron chi connectivity index (χ3n) is 16.2. The fraction of sp³-hybridized carbons (Fsp3) is 0.0125. The van der Waals surface area contributed by atoms with Crippen LogP contribution in [0.3, 0.4) is 0 Å². The van der Waals surface area contributed by atoms with E-state index in [1.54, 1.807) is 0 Å². The highest BCUT2D eigenvalue weighted by atomic mass is 16.1. The number of aromatic nitrogens is 1. The van der Waals surface area contributed by atoms with Crippen LogP contribution in [0.25, 0.3) is 94.1 Å². The average Bonchev–Trinajstić information content (AvgIpc) is 2.27. The monoisotopic (exact) mass is 1080 g/mol. The summed E-state index contributed by atoms with van der Waals surface area (Å²) in [4.78, 5) is 19.4. The minimum atomic E-state index is -0.0437. The zero-order valence-electron chi connectivity index (χ0n) is 46.4. The Morgan fingerprint density at radius 3 is 0.833 bits per heavy atom. The number of hydrogen-bond donors (Lipinski definition) is 0. The Bertz CT molecular complexity index is 4490. The molecule has 0 spiro atoms. The van der Waals surface area contributed by atoms with Gasteiger partial charge in [-0.05, 0) is 188 Å². The van der Waals surface area contributed by atoms with E-state index in [2.05, 4.69) is 326 Å². The third kappa shape index (κ3) is 10.0. The number of aryl methyl sites for hydroxylation is 1. The normalized spacial score (nSPS) is 11.2. The van der Waals surface area contributed by atoms with Crippen LogP contribution in [0, 0.1) is 6.92 Å². The van der Waals surface area contributed by atoms with E-state index in [1.165, 1.54) is 44.5 Å². The van der Waals surface area contributed by atoms with Crippen molar-refractivity contribution in [1.29, 1.82) is 0 Å². The molecule has 0 unspecified atom stereocenters. The van der Waals surface area contributed by atoms with Gasteiger partial charge < -0.3 is 9.80 Å². The predicted octanol–water partition coefficient (Wildman–Crippen LogP) is 21.4. The molecule has 0 aliphatic heterocycles. The van der Waals surface area contributed by atoms with Crippen molar-refractivity contribution >= 4 is 55.8 Å². The first kappa shape index (κ1) is 51.1. The lowest BCUT2D eigenvalue weighted by molar-refractivity contribution is 1.04. The van der Waals surface area contributed by atoms with Gasteiger partial charge in [-0.3, -0.25) is 9.36 Å². The van der Waals surface area contributed by atoms with Crippen LogP contribution in [-0.2, 0) is 0 Å². The number of rotatable bonds is 13. The number of fused-ring (bicyclic) bond motifs is 3. The van der Waals surface area contributed by atoms with Gasteiger partial charge in [0.25, 0.3) is 5.56 Å². The van der Waals surface area contributed by atoms with E-state index in [0.29, 0.717) is 5.39 Å². The third-order valence-corrected chi connectivity index (χ3v) is 16.2. The van der Waals surface area contributed by atoms with Crippen molar-refractivity contribution in [1.82, 2.24) is 4.57 Å². The maximum Gasteiger partial charge on any atom is 0.263 e. The molecule has 0 fully saturated rings. The van der Waals surface area contributed by atoms with Gasteiger partial charge in [-0.1, -0.05) is 224 Å². The molecule has 0 radical (unpaired) electrons. The molecule has 398 valence electrons. The van der Waals surface area contributed by atoms with Gasteiger partial charge in [-0.25, -0.2) is 0 Å². The molecule has 4 heteroatoms. The maximum absolute atomic E-state index is 14.8. The van der Waals surface area contributed by atoms with Gasteiger partial charge in [0.1, 0.15) is 0 Å². The van der Waals surface area contributed by atoms with Crippen molar-refractivity contribution < 1.29 is 0 Å². The number of hydrogen-bond acceptors (Lipinski definition) is 3. The van der Waals surface area contributed by atoms with E-state index in [-0.39, 0.29) is 5.56 Å². The predicted molar refractivity (Wildman–Crippen MR) is 354 cm³/mol. The largest absolute Gasteiger partial charge is 0.311 e. The van der Waals surface area contributed by atoms with Gasteiger partial charge in [0.05, 0.1) is 11.2 Å². The van der Waals surface area contributed by atoms with Crippen molar-refractivity contribution in [2.24, 2.45) is 0 Å². The zero-order valence-corrected chi connectivity index (χ0v) is 46.4. The lowest BCUT2D eigenvalue weighted by Gasteiger charge is -2.26. The number of benzene rings is 13. The highest BCUT2D eigenvalue weighted by Gasteiger charge is 2.19. The van der Waals surface area contributed by atoms with Gasteiger partial charge >= 0.3 is 0 Å². The molecule has 14 aromatic rings. The minimum Gasteiger partial charge on any atom is -0.311 e. The Labute approximate surface area is 490 Å². The maximum atomic E-state index is 14.8. The van der Waals surface area contributed by atoms with Crippen molar-refractivity contribution in [3.8, 4) is 72.4 Å². The molecule has 0 saturated heterocycles. The van der Waals surface area contributed by atoms with Gasteiger partial charge in [-0.15, -0.1) is 0 Å². The molecule has 0 N–H and O–H groups in total. The molecule has 0 amide bonds. The van der Waals surface area contributed by atoms with Crippen LogP contribution >= 0.6 is 0 Å². The minimum absolute atomic E-state index is 0.0437. The first-order chi connectivity index (χ1) is 41.5. The molecule has 4 nitrogen and oxygen atoms in total. The van der Waals surface area contributed by atoms with Crippen molar-refractivity contribution in [2.45, 2.75) is 6.92 Å². The summed E-state index contributed by atoms with van der Waals surface area (Å²) in [6.07, 6.45) is 0.